The van der Waals surface area contributed by atoms with Gasteiger partial charge in [0.25, 0.3) is 5.91 Å². The second kappa shape index (κ2) is 11.4. The second-order valence-corrected chi connectivity index (χ2v) is 6.43. The number of aryl methyl sites for hydroxylation is 2. The number of carbonyl (C=O) groups is 1. The molecule has 0 saturated heterocycles. The number of nitrogens with zero attached hydrogens (tertiary/aromatic N) is 2. The number of benzene rings is 1. The quantitative estimate of drug-likeness (QED) is 0.246. The van der Waals surface area contributed by atoms with Crippen molar-refractivity contribution < 1.29 is 13.6 Å². The van der Waals surface area contributed by atoms with Gasteiger partial charge in [-0.05, 0) is 50.6 Å². The summed E-state index contributed by atoms with van der Waals surface area (Å²) in [6.45, 7) is 7.51. The van der Waals surface area contributed by atoms with Crippen LogP contribution in [0.25, 0.3) is 0 Å². The molecule has 0 spiro atoms. The third-order valence-electron chi connectivity index (χ3n) is 4.20. The number of aliphatic imine (C=N–C) groups is 1. The third kappa shape index (κ3) is 6.61. The fourth-order valence-electron chi connectivity index (χ4n) is 2.58. The number of rotatable bonds is 7. The lowest BCUT2D eigenvalue weighted by atomic mass is 10.2. The van der Waals surface area contributed by atoms with Crippen LogP contribution in [0.1, 0.15) is 40.4 Å². The molecule has 1 amide bonds. The summed E-state index contributed by atoms with van der Waals surface area (Å²) >= 11 is 0. The summed E-state index contributed by atoms with van der Waals surface area (Å²) in [7, 11) is 0. The molecule has 2 aromatic heterocycles. The molecule has 3 rings (SSSR count). The Hall–Kier alpha value is -2.82. The highest BCUT2D eigenvalue weighted by Gasteiger charge is 2.09. The number of carbonyl (C=O) groups excluding carboxylic acids is 1. The van der Waals surface area contributed by atoms with Crippen LogP contribution in [0, 0.1) is 13.8 Å². The van der Waals surface area contributed by atoms with Crippen LogP contribution in [-0.2, 0) is 13.1 Å². The highest BCUT2D eigenvalue weighted by Crippen LogP contribution is 2.12. The Bertz CT molecular complexity index is 946. The SMILES string of the molecule is CCNC(=NCc1ccc(NC(=O)c2ccco2)cc1)NCc1nc(C)c(C)o1.I. The van der Waals surface area contributed by atoms with Crippen LogP contribution in [0.4, 0.5) is 5.69 Å². The van der Waals surface area contributed by atoms with Gasteiger partial charge in [-0.2, -0.15) is 0 Å². The average Bonchev–Trinajstić information content (AvgIpc) is 3.35. The molecule has 160 valence electrons. The van der Waals surface area contributed by atoms with Crippen molar-refractivity contribution >= 4 is 41.5 Å². The van der Waals surface area contributed by atoms with E-state index in [0.29, 0.717) is 30.6 Å². The first kappa shape index (κ1) is 23.5. The van der Waals surface area contributed by atoms with Crippen LogP contribution >= 0.6 is 24.0 Å². The number of nitrogens with one attached hydrogen (secondary N) is 3. The molecule has 1 aromatic carbocycles. The largest absolute Gasteiger partial charge is 0.459 e. The van der Waals surface area contributed by atoms with E-state index >= 15 is 0 Å². The van der Waals surface area contributed by atoms with Crippen molar-refractivity contribution in [3.8, 4) is 0 Å². The lowest BCUT2D eigenvalue weighted by Gasteiger charge is -2.10. The van der Waals surface area contributed by atoms with Crippen LogP contribution in [0.3, 0.4) is 0 Å². The molecule has 0 radical (unpaired) electrons. The van der Waals surface area contributed by atoms with Gasteiger partial charge in [-0.1, -0.05) is 12.1 Å². The molecule has 0 bridgehead atoms. The standard InChI is InChI=1S/C21H25N5O3.HI/c1-4-22-21(24-13-19-25-14(2)15(3)29-19)23-12-16-7-9-17(10-8-16)26-20(27)18-6-5-11-28-18;/h5-11H,4,12-13H2,1-3H3,(H,26,27)(H2,22,23,24);1H. The summed E-state index contributed by atoms with van der Waals surface area (Å²) in [4.78, 5) is 20.9. The predicted octanol–water partition coefficient (Wildman–Crippen LogP) is 4.01. The zero-order chi connectivity index (χ0) is 20.6. The Labute approximate surface area is 192 Å². The lowest BCUT2D eigenvalue weighted by molar-refractivity contribution is 0.0996. The molecule has 0 atom stereocenters. The smallest absolute Gasteiger partial charge is 0.291 e. The van der Waals surface area contributed by atoms with Crippen LogP contribution in [-0.4, -0.2) is 23.4 Å². The molecule has 0 aliphatic carbocycles. The molecular weight excluding hydrogens is 497 g/mol. The number of hydrogen-bond donors (Lipinski definition) is 3. The van der Waals surface area contributed by atoms with Crippen molar-refractivity contribution in [3.05, 3.63) is 71.3 Å². The number of hydrogen-bond acceptors (Lipinski definition) is 5. The number of amides is 1. The molecule has 8 nitrogen and oxygen atoms in total. The third-order valence-corrected chi connectivity index (χ3v) is 4.20. The zero-order valence-corrected chi connectivity index (χ0v) is 19.5. The zero-order valence-electron chi connectivity index (χ0n) is 17.2. The normalized spacial score (nSPS) is 11.0. The minimum absolute atomic E-state index is 0. The van der Waals surface area contributed by atoms with Crippen molar-refractivity contribution in [3.63, 3.8) is 0 Å². The average molecular weight is 523 g/mol. The summed E-state index contributed by atoms with van der Waals surface area (Å²) < 4.78 is 10.7. The van der Waals surface area contributed by atoms with Gasteiger partial charge in [-0.3, -0.25) is 4.79 Å². The summed E-state index contributed by atoms with van der Waals surface area (Å²) in [6, 6.07) is 10.8. The molecule has 0 aliphatic heterocycles. The molecule has 0 aliphatic rings. The van der Waals surface area contributed by atoms with Crippen LogP contribution in [0.2, 0.25) is 0 Å². The Morgan fingerprint density at radius 3 is 2.50 bits per heavy atom. The second-order valence-electron chi connectivity index (χ2n) is 6.43. The number of aromatic nitrogens is 1. The first-order valence-electron chi connectivity index (χ1n) is 9.44. The van der Waals surface area contributed by atoms with E-state index in [1.54, 1.807) is 12.1 Å². The molecule has 0 saturated carbocycles. The van der Waals surface area contributed by atoms with E-state index in [2.05, 4.69) is 25.9 Å². The van der Waals surface area contributed by atoms with Crippen LogP contribution in [0.5, 0.6) is 0 Å². The van der Waals surface area contributed by atoms with Gasteiger partial charge in [0.2, 0.25) is 5.89 Å². The fourth-order valence-corrected chi connectivity index (χ4v) is 2.58. The molecule has 3 aromatic rings. The predicted molar refractivity (Wildman–Crippen MR) is 126 cm³/mol. The van der Waals surface area contributed by atoms with Gasteiger partial charge in [0.1, 0.15) is 5.76 Å². The van der Waals surface area contributed by atoms with Crippen LogP contribution < -0.4 is 16.0 Å². The highest BCUT2D eigenvalue weighted by atomic mass is 127. The summed E-state index contributed by atoms with van der Waals surface area (Å²) in [5, 5.41) is 9.21. The van der Waals surface area contributed by atoms with E-state index in [-0.39, 0.29) is 35.6 Å². The number of oxazole rings is 1. The van der Waals surface area contributed by atoms with Gasteiger partial charge in [-0.25, -0.2) is 9.98 Å². The maximum atomic E-state index is 12.0. The molecule has 0 fully saturated rings. The Balaban J connectivity index is 0.00000320. The van der Waals surface area contributed by atoms with Gasteiger partial charge in [0.05, 0.1) is 25.0 Å². The molecular formula is C21H26IN5O3. The minimum atomic E-state index is -0.281. The highest BCUT2D eigenvalue weighted by molar-refractivity contribution is 14.0. The molecule has 9 heteroatoms. The molecule has 0 unspecified atom stereocenters. The Morgan fingerprint density at radius 2 is 1.90 bits per heavy atom. The Morgan fingerprint density at radius 1 is 1.13 bits per heavy atom. The lowest BCUT2D eigenvalue weighted by Crippen LogP contribution is -2.36. The van der Waals surface area contributed by atoms with Crippen molar-refractivity contribution in [2.75, 3.05) is 11.9 Å². The van der Waals surface area contributed by atoms with E-state index in [1.165, 1.54) is 6.26 Å². The van der Waals surface area contributed by atoms with E-state index in [0.717, 1.165) is 23.6 Å². The first-order chi connectivity index (χ1) is 14.0. The minimum Gasteiger partial charge on any atom is -0.459 e. The number of furan rings is 1. The number of halogens is 1. The first-order valence-corrected chi connectivity index (χ1v) is 9.44. The van der Waals surface area contributed by atoms with E-state index in [1.807, 2.05) is 45.0 Å². The number of anilines is 1. The van der Waals surface area contributed by atoms with Gasteiger partial charge in [0.15, 0.2) is 11.7 Å². The van der Waals surface area contributed by atoms with Crippen molar-refractivity contribution in [1.29, 1.82) is 0 Å². The van der Waals surface area contributed by atoms with E-state index in [4.69, 9.17) is 8.83 Å². The van der Waals surface area contributed by atoms with E-state index in [9.17, 15) is 4.79 Å². The fraction of sp³-hybridized carbons (Fsp3) is 0.286. The summed E-state index contributed by atoms with van der Waals surface area (Å²) in [5.74, 6) is 2.12. The topological polar surface area (TPSA) is 105 Å². The number of guanidine groups is 1. The Kier molecular flexibility index (Phi) is 8.90. The summed E-state index contributed by atoms with van der Waals surface area (Å²) in [5.41, 5.74) is 2.60. The van der Waals surface area contributed by atoms with Crippen molar-refractivity contribution in [1.82, 2.24) is 15.6 Å². The maximum absolute atomic E-state index is 12.0. The van der Waals surface area contributed by atoms with Gasteiger partial charge >= 0.3 is 0 Å². The van der Waals surface area contributed by atoms with Crippen molar-refractivity contribution in [2.24, 2.45) is 4.99 Å². The molecule has 3 N–H and O–H groups in total. The van der Waals surface area contributed by atoms with Crippen molar-refractivity contribution in [2.45, 2.75) is 33.9 Å². The van der Waals surface area contributed by atoms with Gasteiger partial charge in [-0.15, -0.1) is 24.0 Å². The summed E-state index contributed by atoms with van der Waals surface area (Å²) in [6.07, 6.45) is 1.47. The monoisotopic (exact) mass is 523 g/mol. The molecule has 2 heterocycles. The van der Waals surface area contributed by atoms with E-state index < -0.39 is 0 Å². The van der Waals surface area contributed by atoms with Gasteiger partial charge < -0.3 is 24.8 Å². The maximum Gasteiger partial charge on any atom is 0.291 e. The van der Waals surface area contributed by atoms with Crippen LogP contribution in [0.15, 0.2) is 56.5 Å². The van der Waals surface area contributed by atoms with Gasteiger partial charge in [0, 0.05) is 12.2 Å². The molecule has 30 heavy (non-hydrogen) atoms.